The molecule has 0 bridgehead atoms. The Hall–Kier alpha value is -1.40. The molecule has 0 fully saturated rings. The summed E-state index contributed by atoms with van der Waals surface area (Å²) in [7, 11) is 0. The SMILES string of the molecule is CCCCCCCCC/C=C/CCCCCCCC(=O)OC(CCCCCCCCCCCC)CC(=O)NC(CO)C(O)CCCCCCCCCCCCCCCCCCC. The Morgan fingerprint density at radius 2 is 0.774 bits per heavy atom. The van der Waals surface area contributed by atoms with Crippen molar-refractivity contribution in [1.29, 1.82) is 0 Å². The Morgan fingerprint density at radius 3 is 1.15 bits per heavy atom. The normalized spacial score (nSPS) is 13.2. The molecule has 3 N–H and O–H groups in total. The highest BCUT2D eigenvalue weighted by atomic mass is 16.5. The average Bonchev–Trinajstić information content (AvgIpc) is 3.26. The van der Waals surface area contributed by atoms with Gasteiger partial charge in [0.05, 0.1) is 25.2 Å². The van der Waals surface area contributed by atoms with Gasteiger partial charge in [0.15, 0.2) is 0 Å². The van der Waals surface area contributed by atoms with Gasteiger partial charge in [0.2, 0.25) is 5.91 Å². The van der Waals surface area contributed by atoms with E-state index in [1.807, 2.05) is 0 Å². The van der Waals surface area contributed by atoms with Crippen molar-refractivity contribution in [3.8, 4) is 0 Å². The van der Waals surface area contributed by atoms with Crippen LogP contribution < -0.4 is 5.32 Å². The lowest BCUT2D eigenvalue weighted by molar-refractivity contribution is -0.151. The molecule has 0 aliphatic carbocycles. The van der Waals surface area contributed by atoms with Gasteiger partial charge >= 0.3 is 5.97 Å². The number of allylic oxidation sites excluding steroid dienone is 2. The minimum Gasteiger partial charge on any atom is -0.462 e. The van der Waals surface area contributed by atoms with Crippen molar-refractivity contribution in [2.24, 2.45) is 0 Å². The molecular formula is C56H109NO5. The van der Waals surface area contributed by atoms with Gasteiger partial charge in [-0.05, 0) is 51.4 Å². The molecule has 0 heterocycles. The topological polar surface area (TPSA) is 95.9 Å². The van der Waals surface area contributed by atoms with Crippen LogP contribution in [0.25, 0.3) is 0 Å². The Bertz CT molecular complexity index is 939. The maximum absolute atomic E-state index is 13.2. The fourth-order valence-electron chi connectivity index (χ4n) is 8.84. The van der Waals surface area contributed by atoms with Gasteiger partial charge in [-0.15, -0.1) is 0 Å². The summed E-state index contributed by atoms with van der Waals surface area (Å²) in [6.45, 7) is 6.51. The zero-order chi connectivity index (χ0) is 45.2. The van der Waals surface area contributed by atoms with Gasteiger partial charge in [0.1, 0.15) is 6.10 Å². The van der Waals surface area contributed by atoms with E-state index in [9.17, 15) is 19.8 Å². The lowest BCUT2D eigenvalue weighted by Gasteiger charge is -2.24. The second-order valence-corrected chi connectivity index (χ2v) is 19.3. The molecule has 0 aliphatic rings. The molecule has 0 rings (SSSR count). The number of hydrogen-bond donors (Lipinski definition) is 3. The highest BCUT2D eigenvalue weighted by molar-refractivity contribution is 5.77. The number of rotatable bonds is 51. The minimum atomic E-state index is -0.783. The van der Waals surface area contributed by atoms with Crippen LogP contribution in [0.1, 0.15) is 310 Å². The van der Waals surface area contributed by atoms with Crippen molar-refractivity contribution in [2.45, 2.75) is 328 Å². The first-order chi connectivity index (χ1) is 30.5. The third-order valence-corrected chi connectivity index (χ3v) is 13.1. The van der Waals surface area contributed by atoms with E-state index < -0.39 is 18.2 Å². The molecule has 6 nitrogen and oxygen atoms in total. The number of carbonyl (C=O) groups is 2. The first-order valence-electron chi connectivity index (χ1n) is 27.9. The number of carbonyl (C=O) groups excluding carboxylic acids is 2. The highest BCUT2D eigenvalue weighted by Crippen LogP contribution is 2.19. The number of hydrogen-bond acceptors (Lipinski definition) is 5. The number of aliphatic hydroxyl groups is 2. The van der Waals surface area contributed by atoms with Crippen LogP contribution >= 0.6 is 0 Å². The summed E-state index contributed by atoms with van der Waals surface area (Å²) < 4.78 is 5.94. The van der Waals surface area contributed by atoms with Gasteiger partial charge in [0, 0.05) is 6.42 Å². The van der Waals surface area contributed by atoms with Gasteiger partial charge in [-0.25, -0.2) is 0 Å². The Morgan fingerprint density at radius 1 is 0.452 bits per heavy atom. The lowest BCUT2D eigenvalue weighted by Crippen LogP contribution is -2.46. The molecule has 3 unspecified atom stereocenters. The summed E-state index contributed by atoms with van der Waals surface area (Å²) in [5, 5.41) is 23.8. The summed E-state index contributed by atoms with van der Waals surface area (Å²) in [5.74, 6) is -0.465. The molecule has 0 aromatic heterocycles. The Balaban J connectivity index is 4.41. The summed E-state index contributed by atoms with van der Waals surface area (Å²) in [5.41, 5.74) is 0. The summed E-state index contributed by atoms with van der Waals surface area (Å²) >= 11 is 0. The second kappa shape index (κ2) is 50.6. The van der Waals surface area contributed by atoms with E-state index in [4.69, 9.17) is 4.74 Å². The largest absolute Gasteiger partial charge is 0.462 e. The van der Waals surface area contributed by atoms with Crippen LogP contribution in [0.4, 0.5) is 0 Å². The lowest BCUT2D eigenvalue weighted by atomic mass is 10.0. The number of aliphatic hydroxyl groups excluding tert-OH is 2. The predicted molar refractivity (Wildman–Crippen MR) is 269 cm³/mol. The minimum absolute atomic E-state index is 0.0813. The van der Waals surface area contributed by atoms with Gasteiger partial charge < -0.3 is 20.3 Å². The molecule has 0 spiro atoms. The van der Waals surface area contributed by atoms with Crippen molar-refractivity contribution < 1.29 is 24.5 Å². The Labute approximate surface area is 387 Å². The van der Waals surface area contributed by atoms with Gasteiger partial charge in [-0.3, -0.25) is 9.59 Å². The third-order valence-electron chi connectivity index (χ3n) is 13.1. The fraction of sp³-hybridized carbons (Fsp3) is 0.929. The smallest absolute Gasteiger partial charge is 0.306 e. The van der Waals surface area contributed by atoms with Crippen molar-refractivity contribution in [1.82, 2.24) is 5.32 Å². The molecule has 6 heteroatoms. The maximum atomic E-state index is 13.2. The summed E-state index contributed by atoms with van der Waals surface area (Å²) in [4.78, 5) is 26.2. The van der Waals surface area contributed by atoms with E-state index in [2.05, 4.69) is 38.2 Å². The maximum Gasteiger partial charge on any atom is 0.306 e. The molecule has 62 heavy (non-hydrogen) atoms. The number of esters is 1. The molecule has 0 aliphatic heterocycles. The predicted octanol–water partition coefficient (Wildman–Crippen LogP) is 16.9. The van der Waals surface area contributed by atoms with Gasteiger partial charge in [-0.2, -0.15) is 0 Å². The van der Waals surface area contributed by atoms with Crippen LogP contribution in [0, 0.1) is 0 Å². The molecular weight excluding hydrogens is 767 g/mol. The number of amides is 1. The summed E-state index contributed by atoms with van der Waals surface area (Å²) in [6, 6.07) is -0.696. The zero-order valence-corrected chi connectivity index (χ0v) is 42.0. The van der Waals surface area contributed by atoms with Crippen molar-refractivity contribution >= 4 is 11.9 Å². The van der Waals surface area contributed by atoms with E-state index in [0.29, 0.717) is 19.3 Å². The fourth-order valence-corrected chi connectivity index (χ4v) is 8.84. The molecule has 368 valence electrons. The van der Waals surface area contributed by atoms with E-state index in [1.165, 1.54) is 212 Å². The van der Waals surface area contributed by atoms with Gasteiger partial charge in [-0.1, -0.05) is 258 Å². The van der Waals surface area contributed by atoms with Crippen molar-refractivity contribution in [3.63, 3.8) is 0 Å². The van der Waals surface area contributed by atoms with Crippen LogP contribution in [-0.2, 0) is 14.3 Å². The van der Waals surface area contributed by atoms with E-state index in [-0.39, 0.29) is 24.9 Å². The standard InChI is InChI=1S/C56H109NO5/c1-4-7-10-13-16-19-22-24-26-28-29-31-33-36-39-42-45-48-54(59)53(51-58)57-55(60)50-52(47-44-41-38-35-21-18-15-12-9-6-3)62-56(61)49-46-43-40-37-34-32-30-27-25-23-20-17-14-11-8-5-2/h27,30,52-54,58-59H,4-26,28-29,31-51H2,1-3H3,(H,57,60)/b30-27+. The van der Waals surface area contributed by atoms with Crippen molar-refractivity contribution in [3.05, 3.63) is 12.2 Å². The van der Waals surface area contributed by atoms with Gasteiger partial charge in [0.25, 0.3) is 0 Å². The third kappa shape index (κ3) is 45.2. The number of unbranched alkanes of at least 4 members (excludes halogenated alkanes) is 37. The van der Waals surface area contributed by atoms with E-state index in [1.54, 1.807) is 0 Å². The molecule has 0 saturated carbocycles. The number of nitrogens with one attached hydrogen (secondary N) is 1. The molecule has 0 radical (unpaired) electrons. The highest BCUT2D eigenvalue weighted by Gasteiger charge is 2.24. The van der Waals surface area contributed by atoms with Crippen LogP contribution in [0.3, 0.4) is 0 Å². The molecule has 0 aromatic carbocycles. The first kappa shape index (κ1) is 60.6. The van der Waals surface area contributed by atoms with Crippen LogP contribution in [-0.4, -0.2) is 46.9 Å². The molecule has 0 saturated heterocycles. The number of ether oxygens (including phenoxy) is 1. The molecule has 1 amide bonds. The second-order valence-electron chi connectivity index (χ2n) is 19.3. The average molecular weight is 876 g/mol. The Kier molecular flexibility index (Phi) is 49.5. The zero-order valence-electron chi connectivity index (χ0n) is 42.0. The van der Waals surface area contributed by atoms with Crippen LogP contribution in [0.5, 0.6) is 0 Å². The first-order valence-corrected chi connectivity index (χ1v) is 27.9. The monoisotopic (exact) mass is 876 g/mol. The van der Waals surface area contributed by atoms with E-state index >= 15 is 0 Å². The van der Waals surface area contributed by atoms with Crippen LogP contribution in [0.2, 0.25) is 0 Å². The quantitative estimate of drug-likeness (QED) is 0.0321. The van der Waals surface area contributed by atoms with Crippen molar-refractivity contribution in [2.75, 3.05) is 6.61 Å². The van der Waals surface area contributed by atoms with Crippen LogP contribution in [0.15, 0.2) is 12.2 Å². The summed E-state index contributed by atoms with van der Waals surface area (Å²) in [6.07, 6.45) is 57.1. The van der Waals surface area contributed by atoms with E-state index in [0.717, 1.165) is 51.4 Å². The molecule has 3 atom stereocenters. The molecule has 0 aromatic rings.